The molecule has 0 saturated heterocycles. The van der Waals surface area contributed by atoms with E-state index in [1.165, 1.54) is 18.2 Å². The summed E-state index contributed by atoms with van der Waals surface area (Å²) in [5.41, 5.74) is 3.42. The van der Waals surface area contributed by atoms with Crippen LogP contribution in [0.4, 0.5) is 13.2 Å². The summed E-state index contributed by atoms with van der Waals surface area (Å²) in [5.74, 6) is -3.96. The van der Waals surface area contributed by atoms with Gasteiger partial charge in [-0.2, -0.15) is 17.5 Å². The number of sulfone groups is 1. The second-order valence-electron chi connectivity index (χ2n) is 10.1. The SMILES string of the molecule is Cc1cc(C)c(S(=O)(=O)N(Cc2ccc(-c3cccc(S(=O)(=O)CC(=O)O)c3)cc2)Cc2ccc(C(F)(F)F)o2)c(C)c1. The van der Waals surface area contributed by atoms with Gasteiger partial charge >= 0.3 is 12.1 Å². The van der Waals surface area contributed by atoms with Crippen molar-refractivity contribution in [2.75, 3.05) is 5.75 Å². The quantitative estimate of drug-likeness (QED) is 0.222. The molecule has 228 valence electrons. The first-order valence-electron chi connectivity index (χ1n) is 12.9. The standard InChI is InChI=1S/C30H28F3NO7S2/c1-19-13-20(2)29(21(3)14-19)43(39,40)34(17-25-11-12-27(41-25)30(31,32)33)16-22-7-9-23(10-8-22)24-5-4-6-26(15-24)42(37,38)18-28(35)36/h4-15H,16-18H2,1-3H3,(H,35,36). The highest BCUT2D eigenvalue weighted by Gasteiger charge is 2.36. The van der Waals surface area contributed by atoms with E-state index in [0.717, 1.165) is 22.0 Å². The zero-order valence-electron chi connectivity index (χ0n) is 23.3. The molecule has 13 heteroatoms. The van der Waals surface area contributed by atoms with Gasteiger partial charge in [-0.05, 0) is 72.9 Å². The predicted molar refractivity (Wildman–Crippen MR) is 152 cm³/mol. The lowest BCUT2D eigenvalue weighted by Gasteiger charge is -2.24. The fraction of sp³-hybridized carbons (Fsp3) is 0.233. The molecule has 4 rings (SSSR count). The van der Waals surface area contributed by atoms with Crippen molar-refractivity contribution in [3.63, 3.8) is 0 Å². The van der Waals surface area contributed by atoms with Gasteiger partial charge < -0.3 is 9.52 Å². The summed E-state index contributed by atoms with van der Waals surface area (Å²) in [5, 5.41) is 8.92. The van der Waals surface area contributed by atoms with Crippen molar-refractivity contribution in [1.82, 2.24) is 4.31 Å². The van der Waals surface area contributed by atoms with Crippen molar-refractivity contribution in [3.05, 3.63) is 107 Å². The van der Waals surface area contributed by atoms with E-state index in [4.69, 9.17) is 9.52 Å². The Hall–Kier alpha value is -3.94. The second kappa shape index (κ2) is 12.0. The monoisotopic (exact) mass is 635 g/mol. The van der Waals surface area contributed by atoms with Crippen molar-refractivity contribution in [1.29, 1.82) is 0 Å². The molecule has 0 unspecified atom stereocenters. The van der Waals surface area contributed by atoms with Gasteiger partial charge in [0.25, 0.3) is 0 Å². The van der Waals surface area contributed by atoms with Crippen LogP contribution in [0.3, 0.4) is 0 Å². The number of alkyl halides is 3. The van der Waals surface area contributed by atoms with Gasteiger partial charge in [0, 0.05) is 6.54 Å². The van der Waals surface area contributed by atoms with Gasteiger partial charge in [-0.1, -0.05) is 54.1 Å². The molecule has 3 aromatic carbocycles. The molecule has 0 atom stereocenters. The number of carboxylic acids is 1. The summed E-state index contributed by atoms with van der Waals surface area (Å²) in [7, 11) is -8.27. The van der Waals surface area contributed by atoms with Gasteiger partial charge in [-0.25, -0.2) is 16.8 Å². The first kappa shape index (κ1) is 32.0. The molecular weight excluding hydrogens is 607 g/mol. The van der Waals surface area contributed by atoms with Gasteiger partial charge in [0.2, 0.25) is 15.8 Å². The van der Waals surface area contributed by atoms with E-state index < -0.39 is 50.1 Å². The first-order valence-corrected chi connectivity index (χ1v) is 15.9. The van der Waals surface area contributed by atoms with Crippen molar-refractivity contribution in [2.24, 2.45) is 0 Å². The summed E-state index contributed by atoms with van der Waals surface area (Å²) < 4.78 is 98.2. The third-order valence-electron chi connectivity index (χ3n) is 6.63. The molecule has 1 heterocycles. The molecule has 0 amide bonds. The minimum atomic E-state index is -4.73. The molecule has 0 aliphatic carbocycles. The highest BCUT2D eigenvalue weighted by Crippen LogP contribution is 2.33. The van der Waals surface area contributed by atoms with E-state index >= 15 is 0 Å². The Morgan fingerprint density at radius 1 is 0.837 bits per heavy atom. The molecule has 1 N–H and O–H groups in total. The van der Waals surface area contributed by atoms with Crippen LogP contribution >= 0.6 is 0 Å². The lowest BCUT2D eigenvalue weighted by Crippen LogP contribution is -2.31. The van der Waals surface area contributed by atoms with Gasteiger partial charge in [0.1, 0.15) is 5.76 Å². The number of nitrogens with zero attached hydrogens (tertiary/aromatic N) is 1. The molecule has 0 spiro atoms. The van der Waals surface area contributed by atoms with Crippen molar-refractivity contribution >= 4 is 25.8 Å². The van der Waals surface area contributed by atoms with Gasteiger partial charge in [0.05, 0.1) is 16.3 Å². The summed E-state index contributed by atoms with van der Waals surface area (Å²) in [6.45, 7) is 4.47. The molecule has 8 nitrogen and oxygen atoms in total. The minimum absolute atomic E-state index is 0.0525. The molecule has 0 aliphatic heterocycles. The van der Waals surface area contributed by atoms with Crippen molar-refractivity contribution in [2.45, 2.75) is 49.8 Å². The third-order valence-corrected chi connectivity index (χ3v) is 10.3. The molecule has 0 aliphatic rings. The Morgan fingerprint density at radius 2 is 1.47 bits per heavy atom. The summed E-state index contributed by atoms with van der Waals surface area (Å²) >= 11 is 0. The first-order chi connectivity index (χ1) is 20.0. The number of carbonyl (C=O) groups is 1. The van der Waals surface area contributed by atoms with Crippen LogP contribution < -0.4 is 0 Å². The lowest BCUT2D eigenvalue weighted by molar-refractivity contribution is -0.153. The molecule has 4 aromatic rings. The summed E-state index contributed by atoms with van der Waals surface area (Å²) in [4.78, 5) is 10.9. The van der Waals surface area contributed by atoms with Gasteiger partial charge in [0.15, 0.2) is 15.6 Å². The topological polar surface area (TPSA) is 122 Å². The Morgan fingerprint density at radius 3 is 2.02 bits per heavy atom. The van der Waals surface area contributed by atoms with Crippen LogP contribution in [0.5, 0.6) is 0 Å². The number of halogens is 3. The van der Waals surface area contributed by atoms with Crippen LogP contribution in [0.1, 0.15) is 33.8 Å². The number of hydrogen-bond donors (Lipinski definition) is 1. The average molecular weight is 636 g/mol. The molecule has 43 heavy (non-hydrogen) atoms. The van der Waals surface area contributed by atoms with Crippen LogP contribution in [0.15, 0.2) is 87.0 Å². The number of rotatable bonds is 10. The maximum atomic E-state index is 14.0. The summed E-state index contributed by atoms with van der Waals surface area (Å²) in [6, 6.07) is 17.6. The minimum Gasteiger partial charge on any atom is -0.480 e. The maximum Gasteiger partial charge on any atom is 0.449 e. The maximum absolute atomic E-state index is 14.0. The predicted octanol–water partition coefficient (Wildman–Crippen LogP) is 6.14. The molecule has 0 radical (unpaired) electrons. The van der Waals surface area contributed by atoms with Gasteiger partial charge in [-0.3, -0.25) is 4.79 Å². The zero-order valence-corrected chi connectivity index (χ0v) is 25.0. The Balaban J connectivity index is 1.69. The normalized spacial score (nSPS) is 12.5. The van der Waals surface area contributed by atoms with Gasteiger partial charge in [-0.15, -0.1) is 0 Å². The third kappa shape index (κ3) is 7.35. The van der Waals surface area contributed by atoms with Crippen LogP contribution in [0.2, 0.25) is 0 Å². The van der Waals surface area contributed by atoms with E-state index in [1.54, 1.807) is 56.3 Å². The molecular formula is C30H28F3NO7S2. The Labute approximate surface area is 247 Å². The van der Waals surface area contributed by atoms with Crippen LogP contribution in [-0.4, -0.2) is 38.0 Å². The van der Waals surface area contributed by atoms with E-state index in [1.807, 2.05) is 6.92 Å². The van der Waals surface area contributed by atoms with E-state index in [9.17, 15) is 34.8 Å². The fourth-order valence-corrected chi connectivity index (χ4v) is 7.73. The Bertz CT molecular complexity index is 1860. The molecule has 0 bridgehead atoms. The van der Waals surface area contributed by atoms with E-state index in [2.05, 4.69) is 0 Å². The largest absolute Gasteiger partial charge is 0.480 e. The van der Waals surface area contributed by atoms with E-state index in [-0.39, 0.29) is 22.1 Å². The average Bonchev–Trinajstić information content (AvgIpc) is 3.37. The van der Waals surface area contributed by atoms with Crippen LogP contribution in [0.25, 0.3) is 11.1 Å². The fourth-order valence-electron chi connectivity index (χ4n) is 4.84. The van der Waals surface area contributed by atoms with Crippen LogP contribution in [0, 0.1) is 20.8 Å². The zero-order chi connectivity index (χ0) is 31.7. The highest BCUT2D eigenvalue weighted by atomic mass is 32.2. The lowest BCUT2D eigenvalue weighted by atomic mass is 10.0. The smallest absolute Gasteiger partial charge is 0.449 e. The number of aliphatic carboxylic acids is 1. The number of benzene rings is 3. The van der Waals surface area contributed by atoms with E-state index in [0.29, 0.717) is 27.8 Å². The van der Waals surface area contributed by atoms with Crippen LogP contribution in [-0.2, 0) is 43.9 Å². The number of sulfonamides is 1. The number of carboxylic acid groups (broad SMARTS) is 1. The Kier molecular flexibility index (Phi) is 8.91. The summed E-state index contributed by atoms with van der Waals surface area (Å²) in [6.07, 6.45) is -4.73. The number of hydrogen-bond acceptors (Lipinski definition) is 6. The molecule has 0 saturated carbocycles. The van der Waals surface area contributed by atoms with Crippen molar-refractivity contribution < 1.29 is 44.3 Å². The molecule has 1 aromatic heterocycles. The number of furan rings is 1. The number of aryl methyl sites for hydroxylation is 3. The second-order valence-corrected chi connectivity index (χ2v) is 14.0. The molecule has 0 fully saturated rings. The van der Waals surface area contributed by atoms with Crippen molar-refractivity contribution in [3.8, 4) is 11.1 Å². The highest BCUT2D eigenvalue weighted by molar-refractivity contribution is 7.92.